The smallest absolute Gasteiger partial charge is 0.181 e. The quantitative estimate of drug-likeness (QED) is 0.152. The van der Waals surface area contributed by atoms with Crippen molar-refractivity contribution >= 4 is 0 Å². The van der Waals surface area contributed by atoms with Crippen LogP contribution in [-0.4, -0.2) is 39.0 Å². The lowest BCUT2D eigenvalue weighted by Gasteiger charge is -2.21. The van der Waals surface area contributed by atoms with E-state index in [0.717, 1.165) is 47.5 Å². The predicted molar refractivity (Wildman–Crippen MR) is 186 cm³/mol. The van der Waals surface area contributed by atoms with E-state index in [4.69, 9.17) is 9.97 Å². The second-order valence-corrected chi connectivity index (χ2v) is 13.4. The molecule has 6 aromatic rings. The van der Waals surface area contributed by atoms with Crippen molar-refractivity contribution < 1.29 is 0 Å². The van der Waals surface area contributed by atoms with Gasteiger partial charge in [-0.25, -0.2) is 19.9 Å². The Kier molecular flexibility index (Phi) is 8.80. The Morgan fingerprint density at radius 3 is 1.17 bits per heavy atom. The lowest BCUT2D eigenvalue weighted by atomic mass is 9.92. The van der Waals surface area contributed by atoms with Crippen LogP contribution in [0.5, 0.6) is 0 Å². The molecule has 0 spiro atoms. The van der Waals surface area contributed by atoms with Crippen molar-refractivity contribution in [2.24, 2.45) is 0 Å². The average Bonchev–Trinajstić information content (AvgIpc) is 3.85. The van der Waals surface area contributed by atoms with Gasteiger partial charge in [0, 0.05) is 37.2 Å². The molecule has 0 fully saturated rings. The van der Waals surface area contributed by atoms with E-state index in [9.17, 15) is 0 Å². The molecule has 46 heavy (non-hydrogen) atoms. The van der Waals surface area contributed by atoms with Crippen molar-refractivity contribution in [2.75, 3.05) is 0 Å². The minimum Gasteiger partial charge on any atom is -0.342 e. The lowest BCUT2D eigenvalue weighted by Crippen LogP contribution is -2.08. The van der Waals surface area contributed by atoms with Crippen LogP contribution in [0.25, 0.3) is 34.7 Å². The summed E-state index contributed by atoms with van der Waals surface area (Å²) in [6.45, 7) is 18.0. The summed E-state index contributed by atoms with van der Waals surface area (Å²) in [6.07, 6.45) is 13.1. The fraction of sp³-hybridized carbons (Fsp3) is 0.368. The Bertz CT molecular complexity index is 1710. The van der Waals surface area contributed by atoms with E-state index < -0.39 is 0 Å². The van der Waals surface area contributed by atoms with Crippen LogP contribution in [0, 0.1) is 0 Å². The summed E-state index contributed by atoms with van der Waals surface area (Å²) in [5.41, 5.74) is 9.61. The van der Waals surface area contributed by atoms with Gasteiger partial charge in [0.25, 0.3) is 0 Å². The first-order chi connectivity index (χ1) is 22.1. The number of rotatable bonds is 11. The standard InChI is InChI=1S/C38H46N8/c1-23(2)29-11-9-12-30(24(3)4)33(29)45-21-27(43-37(45)35-39-17-18-40-35)15-16-28-22-46(38(44-28)36-41-19-20-42-36)34-31(25(5)6)13-10-14-32(34)26(7)8/h9-14,17-26H,15-16H2,1-8H3,(H,39,40)(H,41,42). The van der Waals surface area contributed by atoms with Gasteiger partial charge < -0.3 is 9.97 Å². The average molecular weight is 615 g/mol. The minimum atomic E-state index is 0.359. The summed E-state index contributed by atoms with van der Waals surface area (Å²) >= 11 is 0. The largest absolute Gasteiger partial charge is 0.342 e. The van der Waals surface area contributed by atoms with E-state index in [0.29, 0.717) is 23.7 Å². The fourth-order valence-electron chi connectivity index (χ4n) is 6.38. The van der Waals surface area contributed by atoms with E-state index in [1.165, 1.54) is 33.6 Å². The highest BCUT2D eigenvalue weighted by Crippen LogP contribution is 2.36. The SMILES string of the molecule is CC(C)c1cccc(C(C)C)c1-n1cc(CCc2cn(-c3c(C(C)C)cccc3C(C)C)c(-c3ncc[nH]3)n2)nc1-c1ncc[nH]1. The third-order valence-corrected chi connectivity index (χ3v) is 8.74. The number of imidazole rings is 4. The molecule has 2 aromatic carbocycles. The molecule has 0 radical (unpaired) electrons. The van der Waals surface area contributed by atoms with Crippen LogP contribution in [0.15, 0.2) is 73.6 Å². The number of nitrogens with one attached hydrogen (secondary N) is 2. The molecule has 0 aliphatic heterocycles. The van der Waals surface area contributed by atoms with Crippen molar-refractivity contribution in [1.82, 2.24) is 39.0 Å². The molecule has 0 unspecified atom stereocenters. The summed E-state index contributed by atoms with van der Waals surface area (Å²) in [5.74, 6) is 4.60. The van der Waals surface area contributed by atoms with Crippen LogP contribution in [-0.2, 0) is 12.8 Å². The molecular formula is C38H46N8. The Labute approximate surface area is 272 Å². The van der Waals surface area contributed by atoms with Gasteiger partial charge in [-0.3, -0.25) is 9.13 Å². The van der Waals surface area contributed by atoms with Crippen LogP contribution in [0.1, 0.15) is 113 Å². The van der Waals surface area contributed by atoms with E-state index in [1.54, 1.807) is 12.4 Å². The number of aromatic nitrogens is 8. The molecule has 0 aliphatic rings. The highest BCUT2D eigenvalue weighted by Gasteiger charge is 2.23. The van der Waals surface area contributed by atoms with Crippen LogP contribution in [0.2, 0.25) is 0 Å². The molecule has 238 valence electrons. The van der Waals surface area contributed by atoms with Crippen LogP contribution in [0.4, 0.5) is 0 Å². The van der Waals surface area contributed by atoms with E-state index in [1.807, 2.05) is 12.4 Å². The van der Waals surface area contributed by atoms with Crippen molar-refractivity contribution in [3.05, 3.63) is 107 Å². The van der Waals surface area contributed by atoms with Gasteiger partial charge in [-0.05, 0) is 58.8 Å². The maximum atomic E-state index is 5.17. The molecular weight excluding hydrogens is 568 g/mol. The topological polar surface area (TPSA) is 93.0 Å². The molecule has 8 heteroatoms. The molecule has 4 heterocycles. The highest BCUT2D eigenvalue weighted by atomic mass is 15.1. The van der Waals surface area contributed by atoms with Gasteiger partial charge in [0.1, 0.15) is 0 Å². The molecule has 2 N–H and O–H groups in total. The number of H-pyrrole nitrogens is 2. The number of aromatic amines is 2. The maximum absolute atomic E-state index is 5.17. The Morgan fingerprint density at radius 1 is 0.543 bits per heavy atom. The van der Waals surface area contributed by atoms with Crippen molar-refractivity contribution in [2.45, 2.75) is 91.9 Å². The van der Waals surface area contributed by atoms with E-state index >= 15 is 0 Å². The Balaban J connectivity index is 1.43. The molecule has 0 saturated carbocycles. The number of aryl methyl sites for hydroxylation is 2. The maximum Gasteiger partial charge on any atom is 0.181 e. The predicted octanol–water partition coefficient (Wildman–Crippen LogP) is 9.12. The summed E-state index contributed by atoms with van der Waals surface area (Å²) in [6, 6.07) is 13.3. The van der Waals surface area contributed by atoms with E-state index in [2.05, 4.69) is 133 Å². The zero-order chi connectivity index (χ0) is 32.5. The number of nitrogens with zero attached hydrogens (tertiary/aromatic N) is 6. The monoisotopic (exact) mass is 614 g/mol. The number of para-hydroxylation sites is 2. The van der Waals surface area contributed by atoms with Gasteiger partial charge in [0.15, 0.2) is 23.3 Å². The fourth-order valence-corrected chi connectivity index (χ4v) is 6.38. The summed E-state index contributed by atoms with van der Waals surface area (Å²) < 4.78 is 4.50. The minimum absolute atomic E-state index is 0.359. The summed E-state index contributed by atoms with van der Waals surface area (Å²) in [7, 11) is 0. The zero-order valence-electron chi connectivity index (χ0n) is 28.3. The molecule has 6 rings (SSSR count). The third-order valence-electron chi connectivity index (χ3n) is 8.74. The van der Waals surface area contributed by atoms with Gasteiger partial charge in [-0.1, -0.05) is 91.8 Å². The summed E-state index contributed by atoms with van der Waals surface area (Å²) in [5, 5.41) is 0. The molecule has 0 bridgehead atoms. The Hall–Kier alpha value is -4.72. The highest BCUT2D eigenvalue weighted by molar-refractivity contribution is 5.60. The van der Waals surface area contributed by atoms with Crippen molar-refractivity contribution in [3.8, 4) is 34.7 Å². The van der Waals surface area contributed by atoms with Crippen LogP contribution >= 0.6 is 0 Å². The lowest BCUT2D eigenvalue weighted by molar-refractivity contribution is 0.804. The normalized spacial score (nSPS) is 12.0. The second-order valence-electron chi connectivity index (χ2n) is 13.4. The molecule has 0 atom stereocenters. The molecule has 0 amide bonds. The van der Waals surface area contributed by atoms with E-state index in [-0.39, 0.29) is 0 Å². The molecule has 8 nitrogen and oxygen atoms in total. The second kappa shape index (κ2) is 12.9. The molecule has 0 saturated heterocycles. The number of benzene rings is 2. The van der Waals surface area contributed by atoms with Gasteiger partial charge in [-0.2, -0.15) is 0 Å². The van der Waals surface area contributed by atoms with Gasteiger partial charge >= 0.3 is 0 Å². The van der Waals surface area contributed by atoms with Crippen LogP contribution < -0.4 is 0 Å². The Morgan fingerprint density at radius 2 is 0.891 bits per heavy atom. The van der Waals surface area contributed by atoms with Gasteiger partial charge in [0.05, 0.1) is 22.8 Å². The summed E-state index contributed by atoms with van der Waals surface area (Å²) in [4.78, 5) is 26.2. The first-order valence-corrected chi connectivity index (χ1v) is 16.6. The third kappa shape index (κ3) is 5.96. The number of hydrogen-bond donors (Lipinski definition) is 2. The first-order valence-electron chi connectivity index (χ1n) is 16.6. The van der Waals surface area contributed by atoms with Gasteiger partial charge in [0.2, 0.25) is 0 Å². The molecule has 4 aromatic heterocycles. The zero-order valence-corrected chi connectivity index (χ0v) is 28.3. The number of hydrogen-bond acceptors (Lipinski definition) is 4. The first kappa shape index (κ1) is 31.3. The van der Waals surface area contributed by atoms with Crippen molar-refractivity contribution in [3.63, 3.8) is 0 Å². The van der Waals surface area contributed by atoms with Crippen LogP contribution in [0.3, 0.4) is 0 Å². The molecule has 0 aliphatic carbocycles. The van der Waals surface area contributed by atoms with Crippen molar-refractivity contribution in [1.29, 1.82) is 0 Å². The van der Waals surface area contributed by atoms with Gasteiger partial charge in [-0.15, -0.1) is 0 Å².